The fraction of sp³-hybridized carbons (Fsp3) is 0.200. The highest BCUT2D eigenvalue weighted by Gasteiger charge is 2.19. The van der Waals surface area contributed by atoms with Crippen molar-refractivity contribution in [2.24, 2.45) is 0 Å². The van der Waals surface area contributed by atoms with Gasteiger partial charge in [-0.3, -0.25) is 9.59 Å². The van der Waals surface area contributed by atoms with Crippen LogP contribution in [0.1, 0.15) is 41.3 Å². The predicted octanol–water partition coefficient (Wildman–Crippen LogP) is 5.97. The van der Waals surface area contributed by atoms with Crippen molar-refractivity contribution in [3.63, 3.8) is 0 Å². The first kappa shape index (κ1) is 19.5. The van der Waals surface area contributed by atoms with Crippen LogP contribution in [0.3, 0.4) is 0 Å². The molecule has 1 aliphatic rings. The summed E-state index contributed by atoms with van der Waals surface area (Å²) >= 11 is 1.50. The zero-order valence-electron chi connectivity index (χ0n) is 16.4. The van der Waals surface area contributed by atoms with Crippen LogP contribution >= 0.6 is 11.8 Å². The lowest BCUT2D eigenvalue weighted by Gasteiger charge is -2.08. The maximum Gasteiger partial charge on any atom is 0.224 e. The van der Waals surface area contributed by atoms with E-state index in [9.17, 15) is 9.59 Å². The highest BCUT2D eigenvalue weighted by Crippen LogP contribution is 2.37. The Hall–Kier alpha value is -2.85. The van der Waals surface area contributed by atoms with Crippen LogP contribution in [-0.4, -0.2) is 17.4 Å². The van der Waals surface area contributed by atoms with Gasteiger partial charge in [-0.25, -0.2) is 0 Å². The summed E-state index contributed by atoms with van der Waals surface area (Å²) in [6.07, 6.45) is 2.22. The Morgan fingerprint density at radius 3 is 2.62 bits per heavy atom. The van der Waals surface area contributed by atoms with E-state index in [1.54, 1.807) is 0 Å². The minimum atomic E-state index is 0.0184. The van der Waals surface area contributed by atoms with Crippen LogP contribution in [0.25, 0.3) is 11.1 Å². The third-order valence-electron chi connectivity index (χ3n) is 5.08. The van der Waals surface area contributed by atoms with Gasteiger partial charge in [0.05, 0.1) is 5.75 Å². The third-order valence-corrected chi connectivity index (χ3v) is 6.07. The summed E-state index contributed by atoms with van der Waals surface area (Å²) in [5.41, 5.74) is 6.59. The number of nitrogens with one attached hydrogen (secondary N) is 1. The zero-order chi connectivity index (χ0) is 20.2. The van der Waals surface area contributed by atoms with Gasteiger partial charge in [-0.05, 0) is 59.4 Å². The van der Waals surface area contributed by atoms with Gasteiger partial charge in [-0.2, -0.15) is 0 Å². The van der Waals surface area contributed by atoms with E-state index >= 15 is 0 Å². The van der Waals surface area contributed by atoms with Gasteiger partial charge >= 0.3 is 0 Å². The summed E-state index contributed by atoms with van der Waals surface area (Å²) in [4.78, 5) is 25.5. The number of fused-ring (bicyclic) bond motifs is 3. The molecule has 0 saturated carbocycles. The number of amides is 1. The van der Waals surface area contributed by atoms with Crippen LogP contribution in [0.15, 0.2) is 71.6 Å². The Morgan fingerprint density at radius 1 is 0.931 bits per heavy atom. The molecule has 0 unspecified atom stereocenters. The first-order valence-corrected chi connectivity index (χ1v) is 10.9. The number of carbonyl (C=O) groups is 2. The molecule has 0 saturated heterocycles. The van der Waals surface area contributed by atoms with E-state index in [1.165, 1.54) is 34.0 Å². The van der Waals surface area contributed by atoms with Gasteiger partial charge in [0, 0.05) is 22.6 Å². The highest BCUT2D eigenvalue weighted by atomic mass is 32.2. The molecule has 0 heterocycles. The summed E-state index contributed by atoms with van der Waals surface area (Å²) in [6.45, 7) is 1.98. The topological polar surface area (TPSA) is 46.2 Å². The van der Waals surface area contributed by atoms with Crippen molar-refractivity contribution < 1.29 is 9.59 Å². The fourth-order valence-electron chi connectivity index (χ4n) is 3.66. The first-order valence-electron chi connectivity index (χ1n) is 9.91. The van der Waals surface area contributed by atoms with Gasteiger partial charge in [0.2, 0.25) is 5.91 Å². The summed E-state index contributed by atoms with van der Waals surface area (Å²) in [7, 11) is 0. The molecule has 0 aromatic heterocycles. The van der Waals surface area contributed by atoms with Gasteiger partial charge in [-0.15, -0.1) is 11.8 Å². The normalized spacial score (nSPS) is 11.6. The fourth-order valence-corrected chi connectivity index (χ4v) is 4.51. The number of hydrogen-bond acceptors (Lipinski definition) is 3. The average Bonchev–Trinajstić information content (AvgIpc) is 3.10. The molecule has 4 rings (SSSR count). The third kappa shape index (κ3) is 4.43. The molecule has 1 amide bonds. The Balaban J connectivity index is 1.41. The van der Waals surface area contributed by atoms with Crippen LogP contribution in [0.2, 0.25) is 0 Å². The first-order chi connectivity index (χ1) is 14.1. The number of benzene rings is 3. The minimum Gasteiger partial charge on any atom is -0.326 e. The second-order valence-electron chi connectivity index (χ2n) is 7.24. The van der Waals surface area contributed by atoms with E-state index < -0.39 is 0 Å². The van der Waals surface area contributed by atoms with Crippen LogP contribution < -0.4 is 5.32 Å². The van der Waals surface area contributed by atoms with Crippen molar-refractivity contribution in [2.45, 2.75) is 31.1 Å². The molecule has 3 nitrogen and oxygen atoms in total. The van der Waals surface area contributed by atoms with E-state index in [-0.39, 0.29) is 11.7 Å². The van der Waals surface area contributed by atoms with Crippen LogP contribution in [0.5, 0.6) is 0 Å². The minimum absolute atomic E-state index is 0.0184. The van der Waals surface area contributed by atoms with Crippen molar-refractivity contribution in [3.8, 4) is 11.1 Å². The van der Waals surface area contributed by atoms with Crippen molar-refractivity contribution >= 4 is 29.1 Å². The molecule has 3 aromatic carbocycles. The van der Waals surface area contributed by atoms with Crippen molar-refractivity contribution in [3.05, 3.63) is 83.4 Å². The molecule has 146 valence electrons. The smallest absolute Gasteiger partial charge is 0.224 e. The van der Waals surface area contributed by atoms with Gasteiger partial charge in [0.15, 0.2) is 5.78 Å². The number of carbonyl (C=O) groups excluding carboxylic acids is 2. The lowest BCUT2D eigenvalue weighted by Crippen LogP contribution is -2.10. The lowest BCUT2D eigenvalue weighted by atomic mass is 10.0. The van der Waals surface area contributed by atoms with Gasteiger partial charge < -0.3 is 5.32 Å². The van der Waals surface area contributed by atoms with Gasteiger partial charge in [0.25, 0.3) is 0 Å². The summed E-state index contributed by atoms with van der Waals surface area (Å²) < 4.78 is 0. The maximum atomic E-state index is 12.7. The van der Waals surface area contributed by atoms with Gasteiger partial charge in [0.1, 0.15) is 0 Å². The van der Waals surface area contributed by atoms with Crippen molar-refractivity contribution in [1.82, 2.24) is 0 Å². The summed E-state index contributed by atoms with van der Waals surface area (Å²) in [5.74, 6) is 0.511. The SMILES string of the molecule is CCCC(=O)Nc1cccc(SCC(=O)c2ccc3c(c2)Cc2ccccc2-3)c1. The van der Waals surface area contributed by atoms with E-state index in [0.717, 1.165) is 29.0 Å². The Labute approximate surface area is 175 Å². The van der Waals surface area contributed by atoms with E-state index in [0.29, 0.717) is 12.2 Å². The second kappa shape index (κ2) is 8.66. The molecule has 0 fully saturated rings. The Bertz CT molecular complexity index is 1070. The van der Waals surface area contributed by atoms with E-state index in [2.05, 4.69) is 35.6 Å². The highest BCUT2D eigenvalue weighted by molar-refractivity contribution is 8.00. The van der Waals surface area contributed by atoms with Crippen molar-refractivity contribution in [2.75, 3.05) is 11.1 Å². The summed E-state index contributed by atoms with van der Waals surface area (Å²) in [6, 6.07) is 22.1. The van der Waals surface area contributed by atoms with E-state index in [1.807, 2.05) is 43.3 Å². The molecular weight excluding hydrogens is 378 g/mol. The molecule has 0 atom stereocenters. The number of thioether (sulfide) groups is 1. The van der Waals surface area contributed by atoms with Crippen LogP contribution in [-0.2, 0) is 11.2 Å². The Morgan fingerprint density at radius 2 is 1.76 bits per heavy atom. The standard InChI is InChI=1S/C25H23NO2S/c1-2-6-25(28)26-20-8-5-9-21(15-20)29-16-24(27)18-11-12-23-19(14-18)13-17-7-3-4-10-22(17)23/h3-5,7-12,14-15H,2,6,13,16H2,1H3,(H,26,28). The number of hydrogen-bond donors (Lipinski definition) is 1. The monoisotopic (exact) mass is 401 g/mol. The average molecular weight is 402 g/mol. The molecule has 1 aliphatic carbocycles. The summed E-state index contributed by atoms with van der Waals surface area (Å²) in [5, 5.41) is 2.90. The number of rotatable bonds is 7. The van der Waals surface area contributed by atoms with Gasteiger partial charge in [-0.1, -0.05) is 49.4 Å². The molecule has 0 radical (unpaired) electrons. The molecule has 0 bridgehead atoms. The number of anilines is 1. The number of ketones is 1. The predicted molar refractivity (Wildman–Crippen MR) is 120 cm³/mol. The molecular formula is C25H23NO2S. The van der Waals surface area contributed by atoms with Crippen LogP contribution in [0.4, 0.5) is 5.69 Å². The molecule has 29 heavy (non-hydrogen) atoms. The quantitative estimate of drug-likeness (QED) is 0.306. The molecule has 0 aliphatic heterocycles. The maximum absolute atomic E-state index is 12.7. The Kier molecular flexibility index (Phi) is 5.81. The molecule has 1 N–H and O–H groups in total. The van der Waals surface area contributed by atoms with Crippen LogP contribution in [0, 0.1) is 0 Å². The lowest BCUT2D eigenvalue weighted by molar-refractivity contribution is -0.116. The van der Waals surface area contributed by atoms with Crippen molar-refractivity contribution in [1.29, 1.82) is 0 Å². The molecule has 4 heteroatoms. The molecule has 3 aromatic rings. The van der Waals surface area contributed by atoms with E-state index in [4.69, 9.17) is 0 Å². The second-order valence-corrected chi connectivity index (χ2v) is 8.29. The largest absolute Gasteiger partial charge is 0.326 e. The molecule has 0 spiro atoms. The number of Topliss-reactive ketones (excluding diaryl/α,β-unsaturated/α-hetero) is 1. The zero-order valence-corrected chi connectivity index (χ0v) is 17.2.